The van der Waals surface area contributed by atoms with Crippen LogP contribution in [-0.2, 0) is 12.8 Å². The monoisotopic (exact) mass is 305 g/mol. The Bertz CT molecular complexity index is 838. The minimum Gasteiger partial charge on any atom is -0.358 e. The van der Waals surface area contributed by atoms with Crippen LogP contribution in [0.15, 0.2) is 54.6 Å². The van der Waals surface area contributed by atoms with Crippen molar-refractivity contribution in [2.75, 3.05) is 5.32 Å². The summed E-state index contributed by atoms with van der Waals surface area (Å²) in [5.74, 6) is 0. The molecule has 2 aromatic carbocycles. The number of fused-ring (bicyclic) bond motifs is 3. The molecule has 4 rings (SSSR count). The zero-order chi connectivity index (χ0) is 15.6. The van der Waals surface area contributed by atoms with Crippen LogP contribution in [0.3, 0.4) is 0 Å². The number of rotatable bonds is 2. The van der Waals surface area contributed by atoms with E-state index in [1.165, 1.54) is 22.2 Å². The maximum absolute atomic E-state index is 12.2. The van der Waals surface area contributed by atoms with Gasteiger partial charge in [-0.15, -0.1) is 0 Å². The van der Waals surface area contributed by atoms with E-state index in [1.807, 2.05) is 36.4 Å². The summed E-state index contributed by atoms with van der Waals surface area (Å²) in [6.45, 7) is 0. The van der Waals surface area contributed by atoms with Crippen LogP contribution in [-0.4, -0.2) is 17.1 Å². The van der Waals surface area contributed by atoms with Crippen LogP contribution in [0.1, 0.15) is 17.7 Å². The van der Waals surface area contributed by atoms with E-state index < -0.39 is 0 Å². The van der Waals surface area contributed by atoms with Gasteiger partial charge in [-0.1, -0.05) is 36.4 Å². The lowest BCUT2D eigenvalue weighted by Gasteiger charge is -2.23. The number of anilines is 1. The fourth-order valence-electron chi connectivity index (χ4n) is 3.37. The minimum atomic E-state index is -0.135. The second-order valence-electron chi connectivity index (χ2n) is 6.03. The van der Waals surface area contributed by atoms with Crippen molar-refractivity contribution in [2.24, 2.45) is 0 Å². The molecule has 0 fully saturated rings. The summed E-state index contributed by atoms with van der Waals surface area (Å²) in [5.41, 5.74) is 4.66. The van der Waals surface area contributed by atoms with Gasteiger partial charge in [0.15, 0.2) is 0 Å². The van der Waals surface area contributed by atoms with Crippen molar-refractivity contribution in [3.63, 3.8) is 0 Å². The quantitative estimate of drug-likeness (QED) is 0.662. The summed E-state index contributed by atoms with van der Waals surface area (Å²) in [6, 6.07) is 17.9. The molecule has 0 spiro atoms. The number of H-pyrrole nitrogens is 1. The highest BCUT2D eigenvalue weighted by Crippen LogP contribution is 2.29. The summed E-state index contributed by atoms with van der Waals surface area (Å²) in [4.78, 5) is 15.7. The predicted octanol–water partition coefficient (Wildman–Crippen LogP) is 3.85. The van der Waals surface area contributed by atoms with Gasteiger partial charge in [-0.25, -0.2) is 4.79 Å². The zero-order valence-corrected chi connectivity index (χ0v) is 12.8. The number of aryl methyl sites for hydroxylation is 1. The van der Waals surface area contributed by atoms with E-state index in [9.17, 15) is 4.79 Å². The summed E-state index contributed by atoms with van der Waals surface area (Å²) in [6.07, 6.45) is 2.81. The van der Waals surface area contributed by atoms with Gasteiger partial charge >= 0.3 is 6.03 Å². The SMILES string of the molecule is O=C(Nc1ccccc1)NC1CCc2[nH]c3ccccc3c2C1. The van der Waals surface area contributed by atoms with Gasteiger partial charge in [-0.3, -0.25) is 0 Å². The Balaban J connectivity index is 1.46. The van der Waals surface area contributed by atoms with Crippen LogP contribution in [0.4, 0.5) is 10.5 Å². The normalized spacial score (nSPS) is 16.8. The van der Waals surface area contributed by atoms with E-state index >= 15 is 0 Å². The number of aromatic amines is 1. The fraction of sp³-hybridized carbons (Fsp3) is 0.211. The Morgan fingerprint density at radius 1 is 1.04 bits per heavy atom. The lowest BCUT2D eigenvalue weighted by molar-refractivity contribution is 0.247. The molecule has 1 unspecified atom stereocenters. The number of carbonyl (C=O) groups excluding carboxylic acids is 1. The van der Waals surface area contributed by atoms with E-state index in [-0.39, 0.29) is 12.1 Å². The molecule has 0 bridgehead atoms. The molecule has 1 atom stereocenters. The van der Waals surface area contributed by atoms with Crippen LogP contribution >= 0.6 is 0 Å². The van der Waals surface area contributed by atoms with Crippen LogP contribution in [0.5, 0.6) is 0 Å². The lowest BCUT2D eigenvalue weighted by Crippen LogP contribution is -2.41. The van der Waals surface area contributed by atoms with Gasteiger partial charge in [0.1, 0.15) is 0 Å². The van der Waals surface area contributed by atoms with Crippen molar-refractivity contribution in [2.45, 2.75) is 25.3 Å². The highest BCUT2D eigenvalue weighted by Gasteiger charge is 2.23. The maximum Gasteiger partial charge on any atom is 0.319 e. The van der Waals surface area contributed by atoms with E-state index in [0.29, 0.717) is 0 Å². The van der Waals surface area contributed by atoms with Crippen molar-refractivity contribution in [1.29, 1.82) is 0 Å². The molecule has 0 aliphatic heterocycles. The average molecular weight is 305 g/mol. The van der Waals surface area contributed by atoms with Gasteiger partial charge in [0.2, 0.25) is 0 Å². The molecule has 1 aliphatic carbocycles. The van der Waals surface area contributed by atoms with E-state index in [2.05, 4.69) is 33.8 Å². The first-order valence-corrected chi connectivity index (χ1v) is 8.00. The number of urea groups is 1. The molecule has 116 valence electrons. The van der Waals surface area contributed by atoms with Crippen molar-refractivity contribution in [3.05, 3.63) is 65.9 Å². The maximum atomic E-state index is 12.2. The highest BCUT2D eigenvalue weighted by molar-refractivity contribution is 5.89. The van der Waals surface area contributed by atoms with Crippen molar-refractivity contribution in [1.82, 2.24) is 10.3 Å². The molecule has 0 saturated carbocycles. The van der Waals surface area contributed by atoms with Gasteiger partial charge in [0.05, 0.1) is 0 Å². The first-order chi connectivity index (χ1) is 11.3. The van der Waals surface area contributed by atoms with Crippen molar-refractivity contribution < 1.29 is 4.79 Å². The zero-order valence-electron chi connectivity index (χ0n) is 12.8. The standard InChI is InChI=1S/C19H19N3O/c23-19(20-13-6-2-1-3-7-13)21-14-10-11-18-16(12-14)15-8-4-5-9-17(15)22-18/h1-9,14,22H,10-12H2,(H2,20,21,23). The van der Waals surface area contributed by atoms with Crippen LogP contribution in [0, 0.1) is 0 Å². The Labute approximate surface area is 134 Å². The summed E-state index contributed by atoms with van der Waals surface area (Å²) < 4.78 is 0. The molecule has 1 aromatic heterocycles. The van der Waals surface area contributed by atoms with Gasteiger partial charge in [-0.2, -0.15) is 0 Å². The Morgan fingerprint density at radius 2 is 1.83 bits per heavy atom. The molecular weight excluding hydrogens is 286 g/mol. The number of hydrogen-bond donors (Lipinski definition) is 3. The number of amides is 2. The fourth-order valence-corrected chi connectivity index (χ4v) is 3.37. The molecule has 1 aliphatic rings. The summed E-state index contributed by atoms with van der Waals surface area (Å²) in [5, 5.41) is 7.26. The van der Waals surface area contributed by atoms with Crippen LogP contribution < -0.4 is 10.6 Å². The van der Waals surface area contributed by atoms with E-state index in [0.717, 1.165) is 24.9 Å². The predicted molar refractivity (Wildman–Crippen MR) is 92.7 cm³/mol. The van der Waals surface area contributed by atoms with Gasteiger partial charge in [-0.05, 0) is 43.0 Å². The summed E-state index contributed by atoms with van der Waals surface area (Å²) >= 11 is 0. The van der Waals surface area contributed by atoms with Crippen molar-refractivity contribution >= 4 is 22.6 Å². The molecule has 0 saturated heterocycles. The van der Waals surface area contributed by atoms with Crippen molar-refractivity contribution in [3.8, 4) is 0 Å². The first kappa shape index (κ1) is 13.9. The van der Waals surface area contributed by atoms with Gasteiger partial charge < -0.3 is 15.6 Å². The average Bonchev–Trinajstić information content (AvgIpc) is 2.94. The number of para-hydroxylation sites is 2. The number of carbonyl (C=O) groups is 1. The molecular formula is C19H19N3O. The topological polar surface area (TPSA) is 56.9 Å². The third kappa shape index (κ3) is 2.80. The Hall–Kier alpha value is -2.75. The first-order valence-electron chi connectivity index (χ1n) is 8.00. The Kier molecular flexibility index (Phi) is 3.50. The largest absolute Gasteiger partial charge is 0.358 e. The Morgan fingerprint density at radius 3 is 2.70 bits per heavy atom. The smallest absolute Gasteiger partial charge is 0.319 e. The van der Waals surface area contributed by atoms with Crippen LogP contribution in [0.25, 0.3) is 10.9 Å². The third-order valence-corrected chi connectivity index (χ3v) is 4.46. The number of benzene rings is 2. The van der Waals surface area contributed by atoms with E-state index in [1.54, 1.807) is 0 Å². The molecule has 4 heteroatoms. The molecule has 0 radical (unpaired) electrons. The number of hydrogen-bond acceptors (Lipinski definition) is 1. The van der Waals surface area contributed by atoms with Crippen LogP contribution in [0.2, 0.25) is 0 Å². The third-order valence-electron chi connectivity index (χ3n) is 4.46. The second kappa shape index (κ2) is 5.80. The molecule has 3 N–H and O–H groups in total. The molecule has 2 amide bonds. The lowest BCUT2D eigenvalue weighted by atomic mass is 9.91. The summed E-state index contributed by atoms with van der Waals surface area (Å²) in [7, 11) is 0. The highest BCUT2D eigenvalue weighted by atomic mass is 16.2. The minimum absolute atomic E-state index is 0.135. The van der Waals surface area contributed by atoms with Gasteiger partial charge in [0, 0.05) is 28.3 Å². The van der Waals surface area contributed by atoms with E-state index in [4.69, 9.17) is 0 Å². The molecule has 3 aromatic rings. The van der Waals surface area contributed by atoms with Gasteiger partial charge in [0.25, 0.3) is 0 Å². The molecule has 23 heavy (non-hydrogen) atoms. The second-order valence-corrected chi connectivity index (χ2v) is 6.03. The molecule has 1 heterocycles. The number of aromatic nitrogens is 1. The number of nitrogens with one attached hydrogen (secondary N) is 3. The molecule has 4 nitrogen and oxygen atoms in total.